The molecule has 2 heterocycles. The van der Waals surface area contributed by atoms with Crippen LogP contribution in [0.1, 0.15) is 59.3 Å². The van der Waals surface area contributed by atoms with Crippen LogP contribution in [0.5, 0.6) is 0 Å². The highest BCUT2D eigenvalue weighted by atomic mass is 15.2. The molecule has 0 amide bonds. The van der Waals surface area contributed by atoms with Crippen LogP contribution >= 0.6 is 0 Å². The Morgan fingerprint density at radius 2 is 1.56 bits per heavy atom. The van der Waals surface area contributed by atoms with Crippen LogP contribution in [0.15, 0.2) is 0 Å². The van der Waals surface area contributed by atoms with Crippen molar-refractivity contribution in [1.82, 2.24) is 9.80 Å². The first-order chi connectivity index (χ1) is 8.70. The molecular weight excluding hydrogens is 220 g/mol. The molecular formula is C16H32N2. The van der Waals surface area contributed by atoms with Crippen LogP contribution in [0.2, 0.25) is 0 Å². The Morgan fingerprint density at radius 3 is 2.06 bits per heavy atom. The molecule has 2 aliphatic heterocycles. The summed E-state index contributed by atoms with van der Waals surface area (Å²) in [5, 5.41) is 0. The van der Waals surface area contributed by atoms with Crippen molar-refractivity contribution < 1.29 is 0 Å². The molecule has 2 saturated heterocycles. The van der Waals surface area contributed by atoms with Gasteiger partial charge >= 0.3 is 0 Å². The summed E-state index contributed by atoms with van der Waals surface area (Å²) in [4.78, 5) is 5.43. The lowest BCUT2D eigenvalue weighted by molar-refractivity contribution is 0.0660. The highest BCUT2D eigenvalue weighted by molar-refractivity contribution is 4.84. The van der Waals surface area contributed by atoms with Gasteiger partial charge < -0.3 is 9.80 Å². The van der Waals surface area contributed by atoms with E-state index in [1.54, 1.807) is 0 Å². The van der Waals surface area contributed by atoms with Crippen molar-refractivity contribution in [2.75, 3.05) is 26.2 Å². The van der Waals surface area contributed by atoms with E-state index in [-0.39, 0.29) is 0 Å². The van der Waals surface area contributed by atoms with E-state index < -0.39 is 0 Å². The van der Waals surface area contributed by atoms with Crippen molar-refractivity contribution in [2.24, 2.45) is 5.92 Å². The van der Waals surface area contributed by atoms with E-state index in [1.165, 1.54) is 64.7 Å². The van der Waals surface area contributed by atoms with Crippen LogP contribution < -0.4 is 0 Å². The first kappa shape index (κ1) is 14.3. The van der Waals surface area contributed by atoms with E-state index in [4.69, 9.17) is 0 Å². The summed E-state index contributed by atoms with van der Waals surface area (Å²) < 4.78 is 0. The third kappa shape index (κ3) is 3.71. The van der Waals surface area contributed by atoms with Crippen molar-refractivity contribution in [3.8, 4) is 0 Å². The number of piperidine rings is 2. The van der Waals surface area contributed by atoms with E-state index in [0.29, 0.717) is 0 Å². The molecule has 0 radical (unpaired) electrons. The maximum Gasteiger partial charge on any atom is 0.0120 e. The minimum Gasteiger partial charge on any atom is -0.301 e. The van der Waals surface area contributed by atoms with E-state index in [2.05, 4.69) is 30.6 Å². The average Bonchev–Trinajstić information content (AvgIpc) is 2.40. The summed E-state index contributed by atoms with van der Waals surface area (Å²) in [5.41, 5.74) is 0. The zero-order valence-electron chi connectivity index (χ0n) is 12.7. The van der Waals surface area contributed by atoms with Gasteiger partial charge in [0.2, 0.25) is 0 Å². The highest BCUT2D eigenvalue weighted by Crippen LogP contribution is 2.26. The van der Waals surface area contributed by atoms with Crippen molar-refractivity contribution in [3.05, 3.63) is 0 Å². The molecule has 0 N–H and O–H groups in total. The molecule has 0 saturated carbocycles. The third-order valence-corrected chi connectivity index (χ3v) is 5.09. The van der Waals surface area contributed by atoms with Crippen LogP contribution in [-0.2, 0) is 0 Å². The molecule has 0 aromatic carbocycles. The molecule has 2 rings (SSSR count). The summed E-state index contributed by atoms with van der Waals surface area (Å²) >= 11 is 0. The summed E-state index contributed by atoms with van der Waals surface area (Å²) in [5.74, 6) is 1.03. The second-order valence-corrected chi connectivity index (χ2v) is 6.63. The molecule has 2 fully saturated rings. The van der Waals surface area contributed by atoms with Gasteiger partial charge in [-0.1, -0.05) is 19.8 Å². The zero-order valence-corrected chi connectivity index (χ0v) is 12.7. The quantitative estimate of drug-likeness (QED) is 0.757. The van der Waals surface area contributed by atoms with Crippen molar-refractivity contribution >= 4 is 0 Å². The van der Waals surface area contributed by atoms with Crippen molar-refractivity contribution in [1.29, 1.82) is 0 Å². The van der Waals surface area contributed by atoms with Crippen LogP contribution in [0.25, 0.3) is 0 Å². The smallest absolute Gasteiger partial charge is 0.0120 e. The van der Waals surface area contributed by atoms with Gasteiger partial charge in [-0.3, -0.25) is 0 Å². The zero-order chi connectivity index (χ0) is 13.0. The number of hydrogen-bond acceptors (Lipinski definition) is 2. The third-order valence-electron chi connectivity index (χ3n) is 5.09. The molecule has 0 bridgehead atoms. The van der Waals surface area contributed by atoms with E-state index in [9.17, 15) is 0 Å². The minimum absolute atomic E-state index is 0.737. The predicted octanol–water partition coefficient (Wildman–Crippen LogP) is 3.37. The molecule has 0 aliphatic carbocycles. The molecule has 2 nitrogen and oxygen atoms in total. The maximum atomic E-state index is 2.80. The van der Waals surface area contributed by atoms with Gasteiger partial charge in [-0.15, -0.1) is 0 Å². The van der Waals surface area contributed by atoms with E-state index >= 15 is 0 Å². The van der Waals surface area contributed by atoms with E-state index in [1.807, 2.05) is 0 Å². The fraction of sp³-hybridized carbons (Fsp3) is 1.00. The van der Waals surface area contributed by atoms with E-state index in [0.717, 1.165) is 18.0 Å². The highest BCUT2D eigenvalue weighted by Gasteiger charge is 2.28. The first-order valence-corrected chi connectivity index (χ1v) is 8.18. The maximum absolute atomic E-state index is 2.80. The Labute approximate surface area is 114 Å². The standard InChI is InChI=1S/C16H32N2/c1-4-5-15-6-10-18(11-7-15)16-8-12-17(13-9-16)14(2)3/h14-16H,4-13H2,1-3H3. The van der Waals surface area contributed by atoms with Gasteiger partial charge in [-0.05, 0) is 71.6 Å². The number of likely N-dealkylation sites (tertiary alicyclic amines) is 2. The van der Waals surface area contributed by atoms with Crippen molar-refractivity contribution in [3.63, 3.8) is 0 Å². The van der Waals surface area contributed by atoms with Gasteiger partial charge in [0, 0.05) is 12.1 Å². The fourth-order valence-electron chi connectivity index (χ4n) is 3.78. The lowest BCUT2D eigenvalue weighted by atomic mass is 9.90. The lowest BCUT2D eigenvalue weighted by Crippen LogP contribution is -2.49. The molecule has 106 valence electrons. The summed E-state index contributed by atoms with van der Waals surface area (Å²) in [6, 6.07) is 1.63. The van der Waals surface area contributed by atoms with Gasteiger partial charge in [-0.2, -0.15) is 0 Å². The summed E-state index contributed by atoms with van der Waals surface area (Å²) in [6.07, 6.45) is 8.54. The normalized spacial score (nSPS) is 26.0. The molecule has 2 heteroatoms. The van der Waals surface area contributed by atoms with Crippen LogP contribution in [0.4, 0.5) is 0 Å². The number of nitrogens with zero attached hydrogens (tertiary/aromatic N) is 2. The lowest BCUT2D eigenvalue weighted by Gasteiger charge is -2.42. The summed E-state index contributed by atoms with van der Waals surface area (Å²) in [6.45, 7) is 12.4. The van der Waals surface area contributed by atoms with Gasteiger partial charge in [0.25, 0.3) is 0 Å². The molecule has 2 aliphatic rings. The Bertz CT molecular complexity index is 223. The van der Waals surface area contributed by atoms with Crippen LogP contribution in [0.3, 0.4) is 0 Å². The monoisotopic (exact) mass is 252 g/mol. The molecule has 0 spiro atoms. The fourth-order valence-corrected chi connectivity index (χ4v) is 3.78. The largest absolute Gasteiger partial charge is 0.301 e. The van der Waals surface area contributed by atoms with Gasteiger partial charge in [0.05, 0.1) is 0 Å². The van der Waals surface area contributed by atoms with Gasteiger partial charge in [0.1, 0.15) is 0 Å². The molecule has 0 unspecified atom stereocenters. The van der Waals surface area contributed by atoms with Crippen LogP contribution in [0, 0.1) is 5.92 Å². The molecule has 0 aromatic heterocycles. The van der Waals surface area contributed by atoms with Crippen LogP contribution in [-0.4, -0.2) is 48.1 Å². The second kappa shape index (κ2) is 6.91. The first-order valence-electron chi connectivity index (χ1n) is 8.18. The van der Waals surface area contributed by atoms with Gasteiger partial charge in [0.15, 0.2) is 0 Å². The molecule has 0 aromatic rings. The Morgan fingerprint density at radius 1 is 0.944 bits per heavy atom. The summed E-state index contributed by atoms with van der Waals surface area (Å²) in [7, 11) is 0. The minimum atomic E-state index is 0.737. The number of hydrogen-bond donors (Lipinski definition) is 0. The second-order valence-electron chi connectivity index (χ2n) is 6.63. The van der Waals surface area contributed by atoms with Crippen molar-refractivity contribution in [2.45, 2.75) is 71.4 Å². The molecule has 0 atom stereocenters. The predicted molar refractivity (Wildman–Crippen MR) is 78.9 cm³/mol. The topological polar surface area (TPSA) is 6.48 Å². The average molecular weight is 252 g/mol. The Balaban J connectivity index is 1.71. The van der Waals surface area contributed by atoms with Gasteiger partial charge in [-0.25, -0.2) is 0 Å². The Kier molecular flexibility index (Phi) is 5.50. The SMILES string of the molecule is CCCC1CCN(C2CCN(C(C)C)CC2)CC1. The number of rotatable bonds is 4. The Hall–Kier alpha value is -0.0800. The molecule has 18 heavy (non-hydrogen) atoms.